The number of phenols is 1. The van der Waals surface area contributed by atoms with Gasteiger partial charge in [-0.3, -0.25) is 0 Å². The Morgan fingerprint density at radius 3 is 2.65 bits per heavy atom. The van der Waals surface area contributed by atoms with Crippen molar-refractivity contribution in [2.75, 3.05) is 0 Å². The first-order valence-corrected chi connectivity index (χ1v) is 8.65. The van der Waals surface area contributed by atoms with Crippen LogP contribution in [0, 0.1) is 5.92 Å². The highest BCUT2D eigenvalue weighted by atomic mass is 79.9. The summed E-state index contributed by atoms with van der Waals surface area (Å²) in [6.45, 7) is 4.47. The molecule has 0 aliphatic heterocycles. The Labute approximate surface area is 131 Å². The van der Waals surface area contributed by atoms with Gasteiger partial charge in [-0.1, -0.05) is 42.1 Å². The van der Waals surface area contributed by atoms with Crippen LogP contribution >= 0.6 is 15.9 Å². The van der Waals surface area contributed by atoms with Crippen LogP contribution in [0.25, 0.3) is 0 Å². The van der Waals surface area contributed by atoms with Crippen molar-refractivity contribution < 1.29 is 5.11 Å². The van der Waals surface area contributed by atoms with E-state index in [0.29, 0.717) is 11.8 Å². The van der Waals surface area contributed by atoms with Gasteiger partial charge in [-0.15, -0.1) is 0 Å². The molecule has 0 amide bonds. The standard InChI is InChI=1S/C17H26BrNO/c1-3-16(15-11-14(18)9-10-17(15)20)19-12(2)13-7-5-4-6-8-13/h9-13,16,19-20H,3-8H2,1-2H3/t12-,16?/m1/s1. The normalized spacial score (nSPS) is 19.8. The maximum absolute atomic E-state index is 10.1. The minimum absolute atomic E-state index is 0.226. The Balaban J connectivity index is 2.05. The lowest BCUT2D eigenvalue weighted by molar-refractivity contribution is 0.261. The molecule has 1 aromatic carbocycles. The summed E-state index contributed by atoms with van der Waals surface area (Å²) < 4.78 is 1.02. The van der Waals surface area contributed by atoms with E-state index < -0.39 is 0 Å². The highest BCUT2D eigenvalue weighted by molar-refractivity contribution is 9.10. The smallest absolute Gasteiger partial charge is 0.120 e. The second kappa shape index (κ2) is 7.46. The number of halogens is 1. The fourth-order valence-electron chi connectivity index (χ4n) is 3.32. The molecule has 0 saturated heterocycles. The van der Waals surface area contributed by atoms with Gasteiger partial charge in [0.1, 0.15) is 5.75 Å². The molecule has 2 N–H and O–H groups in total. The topological polar surface area (TPSA) is 32.3 Å². The van der Waals surface area contributed by atoms with E-state index in [1.165, 1.54) is 32.1 Å². The lowest BCUT2D eigenvalue weighted by Crippen LogP contribution is -2.37. The fourth-order valence-corrected chi connectivity index (χ4v) is 3.70. The Morgan fingerprint density at radius 1 is 1.30 bits per heavy atom. The van der Waals surface area contributed by atoms with Crippen molar-refractivity contribution in [1.82, 2.24) is 5.32 Å². The molecule has 1 aliphatic carbocycles. The van der Waals surface area contributed by atoms with Gasteiger partial charge in [0.15, 0.2) is 0 Å². The van der Waals surface area contributed by atoms with E-state index in [4.69, 9.17) is 0 Å². The molecule has 1 aromatic rings. The predicted molar refractivity (Wildman–Crippen MR) is 88.0 cm³/mol. The van der Waals surface area contributed by atoms with E-state index in [2.05, 4.69) is 35.1 Å². The zero-order chi connectivity index (χ0) is 14.5. The van der Waals surface area contributed by atoms with Crippen molar-refractivity contribution in [2.24, 2.45) is 5.92 Å². The lowest BCUT2D eigenvalue weighted by atomic mass is 9.84. The molecule has 0 bridgehead atoms. The highest BCUT2D eigenvalue weighted by Crippen LogP contribution is 2.32. The SMILES string of the molecule is CCC(N[C@H](C)C1CCCCC1)c1cc(Br)ccc1O. The number of phenolic OH excluding ortho intramolecular Hbond substituents is 1. The molecule has 20 heavy (non-hydrogen) atoms. The van der Waals surface area contributed by atoms with Crippen LogP contribution in [0.5, 0.6) is 5.75 Å². The number of nitrogens with one attached hydrogen (secondary N) is 1. The van der Waals surface area contributed by atoms with Gasteiger partial charge >= 0.3 is 0 Å². The molecule has 1 aliphatic rings. The van der Waals surface area contributed by atoms with E-state index in [9.17, 15) is 5.11 Å². The molecular formula is C17H26BrNO. The van der Waals surface area contributed by atoms with E-state index in [-0.39, 0.29) is 6.04 Å². The van der Waals surface area contributed by atoms with Crippen molar-refractivity contribution in [3.05, 3.63) is 28.2 Å². The fraction of sp³-hybridized carbons (Fsp3) is 0.647. The Kier molecular flexibility index (Phi) is 5.91. The van der Waals surface area contributed by atoms with Crippen molar-refractivity contribution in [3.63, 3.8) is 0 Å². The van der Waals surface area contributed by atoms with Gasteiger partial charge in [-0.05, 0) is 50.3 Å². The van der Waals surface area contributed by atoms with Gasteiger partial charge in [0.2, 0.25) is 0 Å². The number of aromatic hydroxyl groups is 1. The van der Waals surface area contributed by atoms with E-state index >= 15 is 0 Å². The van der Waals surface area contributed by atoms with Crippen LogP contribution in [0.3, 0.4) is 0 Å². The molecule has 0 radical (unpaired) electrons. The first-order chi connectivity index (χ1) is 9.61. The summed E-state index contributed by atoms with van der Waals surface area (Å²) in [4.78, 5) is 0. The van der Waals surface area contributed by atoms with Crippen LogP contribution in [0.4, 0.5) is 0 Å². The van der Waals surface area contributed by atoms with Crippen molar-refractivity contribution in [1.29, 1.82) is 0 Å². The van der Waals surface area contributed by atoms with Crippen LogP contribution in [0.2, 0.25) is 0 Å². The Bertz CT molecular complexity index is 429. The summed E-state index contributed by atoms with van der Waals surface area (Å²) in [6.07, 6.45) is 7.81. The molecule has 112 valence electrons. The predicted octanol–water partition coefficient (Wildman–Crippen LogP) is 5.16. The molecule has 0 aromatic heterocycles. The molecule has 3 heteroatoms. The molecule has 1 saturated carbocycles. The molecular weight excluding hydrogens is 314 g/mol. The minimum Gasteiger partial charge on any atom is -0.508 e. The van der Waals surface area contributed by atoms with Gasteiger partial charge in [-0.25, -0.2) is 0 Å². The zero-order valence-electron chi connectivity index (χ0n) is 12.5. The summed E-state index contributed by atoms with van der Waals surface area (Å²) >= 11 is 3.50. The number of hydrogen-bond donors (Lipinski definition) is 2. The van der Waals surface area contributed by atoms with Gasteiger partial charge in [-0.2, -0.15) is 0 Å². The van der Waals surface area contributed by atoms with Gasteiger partial charge in [0.25, 0.3) is 0 Å². The van der Waals surface area contributed by atoms with Crippen LogP contribution in [-0.4, -0.2) is 11.1 Å². The molecule has 2 atom stereocenters. The van der Waals surface area contributed by atoms with Crippen LogP contribution in [0.1, 0.15) is 64.0 Å². The summed E-state index contributed by atoms with van der Waals surface area (Å²) in [5.74, 6) is 1.18. The maximum atomic E-state index is 10.1. The third-order valence-electron chi connectivity index (χ3n) is 4.59. The third-order valence-corrected chi connectivity index (χ3v) is 5.09. The summed E-state index contributed by atoms with van der Waals surface area (Å²) in [7, 11) is 0. The summed E-state index contributed by atoms with van der Waals surface area (Å²) in [5.41, 5.74) is 1.00. The second-order valence-corrected chi connectivity index (χ2v) is 6.93. The molecule has 1 fully saturated rings. The lowest BCUT2D eigenvalue weighted by Gasteiger charge is -2.32. The molecule has 2 nitrogen and oxygen atoms in total. The monoisotopic (exact) mass is 339 g/mol. The average molecular weight is 340 g/mol. The van der Waals surface area contributed by atoms with Crippen molar-refractivity contribution >= 4 is 15.9 Å². The van der Waals surface area contributed by atoms with E-state index in [1.54, 1.807) is 6.07 Å². The van der Waals surface area contributed by atoms with Gasteiger partial charge in [0, 0.05) is 22.1 Å². The average Bonchev–Trinajstić information content (AvgIpc) is 2.48. The van der Waals surface area contributed by atoms with Crippen LogP contribution < -0.4 is 5.32 Å². The maximum Gasteiger partial charge on any atom is 0.120 e. The number of hydrogen-bond acceptors (Lipinski definition) is 2. The third kappa shape index (κ3) is 3.98. The first-order valence-electron chi connectivity index (χ1n) is 7.86. The largest absolute Gasteiger partial charge is 0.508 e. The number of rotatable bonds is 5. The summed E-state index contributed by atoms with van der Waals surface area (Å²) in [6, 6.07) is 6.43. The Morgan fingerprint density at radius 2 is 2.00 bits per heavy atom. The quantitative estimate of drug-likeness (QED) is 0.775. The van der Waals surface area contributed by atoms with Crippen LogP contribution in [0.15, 0.2) is 22.7 Å². The first kappa shape index (κ1) is 15.8. The number of benzene rings is 1. The molecule has 2 rings (SSSR count). The second-order valence-electron chi connectivity index (χ2n) is 6.02. The van der Waals surface area contributed by atoms with Gasteiger partial charge < -0.3 is 10.4 Å². The molecule has 0 spiro atoms. The summed E-state index contributed by atoms with van der Waals surface area (Å²) in [5, 5.41) is 13.8. The van der Waals surface area contributed by atoms with Crippen LogP contribution in [-0.2, 0) is 0 Å². The highest BCUT2D eigenvalue weighted by Gasteiger charge is 2.23. The Hall–Kier alpha value is -0.540. The van der Waals surface area contributed by atoms with E-state index in [0.717, 1.165) is 22.4 Å². The van der Waals surface area contributed by atoms with Crippen molar-refractivity contribution in [2.45, 2.75) is 64.5 Å². The van der Waals surface area contributed by atoms with Crippen molar-refractivity contribution in [3.8, 4) is 5.75 Å². The molecule has 0 heterocycles. The molecule has 1 unspecified atom stereocenters. The minimum atomic E-state index is 0.226. The van der Waals surface area contributed by atoms with Gasteiger partial charge in [0.05, 0.1) is 0 Å². The van der Waals surface area contributed by atoms with E-state index in [1.807, 2.05) is 12.1 Å². The zero-order valence-corrected chi connectivity index (χ0v) is 14.1.